The minimum absolute atomic E-state index is 0.0701. The molecule has 1 unspecified atom stereocenters. The maximum Gasteiger partial charge on any atom is 0.253 e. The molecule has 4 rings (SSSR count). The van der Waals surface area contributed by atoms with Crippen LogP contribution in [0, 0.1) is 5.82 Å². The van der Waals surface area contributed by atoms with Crippen LogP contribution in [0.15, 0.2) is 42.9 Å². The SMILES string of the molecule is Cn1cc(-c2ccnc(N3CCC(NC(=O)c4ccc(F)cc4Cl)C3)n2)cn1. The summed E-state index contributed by atoms with van der Waals surface area (Å²) in [5.74, 6) is -0.181. The second-order valence-electron chi connectivity index (χ2n) is 6.67. The first-order valence-electron chi connectivity index (χ1n) is 8.82. The zero-order valence-corrected chi connectivity index (χ0v) is 15.9. The van der Waals surface area contributed by atoms with Crippen LogP contribution in [0.25, 0.3) is 11.3 Å². The van der Waals surface area contributed by atoms with Crippen molar-refractivity contribution >= 4 is 23.5 Å². The molecular weight excluding hydrogens is 383 g/mol. The Hall–Kier alpha value is -3.00. The van der Waals surface area contributed by atoms with E-state index in [1.54, 1.807) is 17.1 Å². The highest BCUT2D eigenvalue weighted by Crippen LogP contribution is 2.22. The molecule has 1 aromatic carbocycles. The van der Waals surface area contributed by atoms with Gasteiger partial charge >= 0.3 is 0 Å². The summed E-state index contributed by atoms with van der Waals surface area (Å²) in [5, 5.41) is 7.21. The molecule has 1 aliphatic rings. The molecule has 0 radical (unpaired) electrons. The number of hydrogen-bond acceptors (Lipinski definition) is 5. The number of halogens is 2. The average molecular weight is 401 g/mol. The maximum atomic E-state index is 13.2. The highest BCUT2D eigenvalue weighted by Gasteiger charge is 2.26. The number of nitrogens with one attached hydrogen (secondary N) is 1. The quantitative estimate of drug-likeness (QED) is 0.728. The van der Waals surface area contributed by atoms with Crippen molar-refractivity contribution in [1.82, 2.24) is 25.1 Å². The van der Waals surface area contributed by atoms with E-state index in [-0.39, 0.29) is 22.5 Å². The minimum Gasteiger partial charge on any atom is -0.347 e. The van der Waals surface area contributed by atoms with Crippen LogP contribution in [0.1, 0.15) is 16.8 Å². The van der Waals surface area contributed by atoms with Crippen molar-refractivity contribution in [3.8, 4) is 11.3 Å². The van der Waals surface area contributed by atoms with E-state index in [4.69, 9.17) is 11.6 Å². The molecule has 28 heavy (non-hydrogen) atoms. The van der Waals surface area contributed by atoms with Crippen LogP contribution in [-0.4, -0.2) is 44.8 Å². The molecule has 1 aliphatic heterocycles. The first-order valence-corrected chi connectivity index (χ1v) is 9.20. The first-order chi connectivity index (χ1) is 13.5. The Kier molecular flexibility index (Phi) is 4.95. The maximum absolute atomic E-state index is 13.2. The third kappa shape index (κ3) is 3.82. The number of anilines is 1. The Morgan fingerprint density at radius 3 is 2.96 bits per heavy atom. The van der Waals surface area contributed by atoms with Crippen molar-refractivity contribution in [2.24, 2.45) is 7.05 Å². The van der Waals surface area contributed by atoms with Gasteiger partial charge in [0.2, 0.25) is 5.95 Å². The molecule has 3 aromatic rings. The number of benzene rings is 1. The molecule has 1 saturated heterocycles. The number of nitrogens with zero attached hydrogens (tertiary/aromatic N) is 5. The van der Waals surface area contributed by atoms with Crippen LogP contribution in [0.2, 0.25) is 5.02 Å². The van der Waals surface area contributed by atoms with Crippen LogP contribution in [-0.2, 0) is 7.05 Å². The molecule has 1 fully saturated rings. The lowest BCUT2D eigenvalue weighted by molar-refractivity contribution is 0.0940. The number of aromatic nitrogens is 4. The summed E-state index contributed by atoms with van der Waals surface area (Å²) in [6.07, 6.45) is 6.12. The number of amides is 1. The predicted octanol–water partition coefficient (Wildman–Crippen LogP) is 2.68. The molecule has 1 atom stereocenters. The number of carbonyl (C=O) groups is 1. The molecule has 1 N–H and O–H groups in total. The summed E-state index contributed by atoms with van der Waals surface area (Å²) in [7, 11) is 1.85. The monoisotopic (exact) mass is 400 g/mol. The summed E-state index contributed by atoms with van der Waals surface area (Å²) < 4.78 is 14.9. The van der Waals surface area contributed by atoms with Gasteiger partial charge in [0.15, 0.2) is 0 Å². The minimum atomic E-state index is -0.473. The largest absolute Gasteiger partial charge is 0.347 e. The van der Waals surface area contributed by atoms with Crippen molar-refractivity contribution in [3.63, 3.8) is 0 Å². The van der Waals surface area contributed by atoms with Crippen molar-refractivity contribution < 1.29 is 9.18 Å². The van der Waals surface area contributed by atoms with Crippen LogP contribution in [0.4, 0.5) is 10.3 Å². The molecule has 144 valence electrons. The van der Waals surface area contributed by atoms with Gasteiger partial charge in [-0.25, -0.2) is 14.4 Å². The Labute approximate surface area is 166 Å². The third-order valence-electron chi connectivity index (χ3n) is 4.63. The van der Waals surface area contributed by atoms with E-state index in [9.17, 15) is 9.18 Å². The molecule has 2 aromatic heterocycles. The van der Waals surface area contributed by atoms with Gasteiger partial charge < -0.3 is 10.2 Å². The fourth-order valence-corrected chi connectivity index (χ4v) is 3.46. The van der Waals surface area contributed by atoms with Gasteiger partial charge in [-0.05, 0) is 30.7 Å². The van der Waals surface area contributed by atoms with E-state index in [0.717, 1.165) is 30.3 Å². The van der Waals surface area contributed by atoms with Gasteiger partial charge in [0.05, 0.1) is 22.5 Å². The summed E-state index contributed by atoms with van der Waals surface area (Å²) in [5.41, 5.74) is 1.97. The molecule has 0 aliphatic carbocycles. The summed E-state index contributed by atoms with van der Waals surface area (Å²) >= 11 is 5.97. The van der Waals surface area contributed by atoms with Gasteiger partial charge in [0, 0.05) is 44.1 Å². The molecule has 7 nitrogen and oxygen atoms in total. The lowest BCUT2D eigenvalue weighted by Crippen LogP contribution is -2.37. The molecule has 9 heteroatoms. The smallest absolute Gasteiger partial charge is 0.253 e. The number of carbonyl (C=O) groups excluding carboxylic acids is 1. The molecule has 0 spiro atoms. The van der Waals surface area contributed by atoms with Crippen LogP contribution in [0.3, 0.4) is 0 Å². The van der Waals surface area contributed by atoms with E-state index in [2.05, 4.69) is 20.4 Å². The van der Waals surface area contributed by atoms with Crippen molar-refractivity contribution in [3.05, 3.63) is 59.3 Å². The second kappa shape index (κ2) is 7.55. The molecule has 0 saturated carbocycles. The Bertz CT molecular complexity index is 1020. The molecule has 0 bridgehead atoms. The van der Waals surface area contributed by atoms with E-state index in [0.29, 0.717) is 12.5 Å². The van der Waals surface area contributed by atoms with Gasteiger partial charge in [-0.2, -0.15) is 5.10 Å². The first kappa shape index (κ1) is 18.4. The fourth-order valence-electron chi connectivity index (χ4n) is 3.21. The zero-order chi connectivity index (χ0) is 19.7. The average Bonchev–Trinajstić information content (AvgIpc) is 3.31. The molecule has 1 amide bonds. The summed E-state index contributed by atoms with van der Waals surface area (Å²) in [4.78, 5) is 23.4. The van der Waals surface area contributed by atoms with E-state index >= 15 is 0 Å². The Morgan fingerprint density at radius 2 is 2.21 bits per heavy atom. The third-order valence-corrected chi connectivity index (χ3v) is 4.94. The standard InChI is InChI=1S/C19H18ClFN6O/c1-26-10-12(9-23-26)17-4-6-22-19(25-17)27-7-5-14(11-27)24-18(28)15-3-2-13(21)8-16(15)20/h2-4,6,8-10,14H,5,7,11H2,1H3,(H,24,28). The van der Waals surface area contributed by atoms with Gasteiger partial charge in [0.1, 0.15) is 5.82 Å². The van der Waals surface area contributed by atoms with Crippen molar-refractivity contribution in [2.75, 3.05) is 18.0 Å². The number of rotatable bonds is 4. The van der Waals surface area contributed by atoms with Gasteiger partial charge in [-0.15, -0.1) is 0 Å². The zero-order valence-electron chi connectivity index (χ0n) is 15.1. The highest BCUT2D eigenvalue weighted by molar-refractivity contribution is 6.33. The molecular formula is C19H18ClFN6O. The van der Waals surface area contributed by atoms with Gasteiger partial charge in [0.25, 0.3) is 5.91 Å². The normalized spacial score (nSPS) is 16.4. The van der Waals surface area contributed by atoms with Crippen LogP contribution in [0.5, 0.6) is 0 Å². The Morgan fingerprint density at radius 1 is 1.36 bits per heavy atom. The van der Waals surface area contributed by atoms with Crippen molar-refractivity contribution in [1.29, 1.82) is 0 Å². The van der Waals surface area contributed by atoms with Crippen LogP contribution < -0.4 is 10.2 Å². The van der Waals surface area contributed by atoms with Gasteiger partial charge in [-0.3, -0.25) is 9.48 Å². The van der Waals surface area contributed by atoms with E-state index < -0.39 is 5.82 Å². The Balaban J connectivity index is 1.43. The second-order valence-corrected chi connectivity index (χ2v) is 7.08. The lowest BCUT2D eigenvalue weighted by Gasteiger charge is -2.17. The van der Waals surface area contributed by atoms with Crippen LogP contribution >= 0.6 is 11.6 Å². The lowest BCUT2D eigenvalue weighted by atomic mass is 10.2. The predicted molar refractivity (Wildman–Crippen MR) is 104 cm³/mol. The summed E-state index contributed by atoms with van der Waals surface area (Å²) in [6.45, 7) is 1.31. The molecule has 3 heterocycles. The summed E-state index contributed by atoms with van der Waals surface area (Å²) in [6, 6.07) is 5.51. The van der Waals surface area contributed by atoms with Gasteiger partial charge in [-0.1, -0.05) is 11.6 Å². The fraction of sp³-hybridized carbons (Fsp3) is 0.263. The highest BCUT2D eigenvalue weighted by atomic mass is 35.5. The number of hydrogen-bond donors (Lipinski definition) is 1. The topological polar surface area (TPSA) is 75.9 Å². The van der Waals surface area contributed by atoms with E-state index in [1.165, 1.54) is 12.1 Å². The van der Waals surface area contributed by atoms with Crippen molar-refractivity contribution in [2.45, 2.75) is 12.5 Å². The van der Waals surface area contributed by atoms with E-state index in [1.807, 2.05) is 24.2 Å². The number of aryl methyl sites for hydroxylation is 1.